The first-order valence-electron chi connectivity index (χ1n) is 8.41. The summed E-state index contributed by atoms with van der Waals surface area (Å²) in [6.07, 6.45) is 1.38. The second-order valence-electron chi connectivity index (χ2n) is 7.40. The summed E-state index contributed by atoms with van der Waals surface area (Å²) in [5, 5.41) is 10.7. The molecule has 24 heavy (non-hydrogen) atoms. The molecule has 0 bridgehead atoms. The Labute approximate surface area is 146 Å². The van der Waals surface area contributed by atoms with Crippen molar-refractivity contribution in [3.63, 3.8) is 0 Å². The molecule has 0 heterocycles. The second kappa shape index (κ2) is 7.09. The molecule has 0 amide bonds. The number of aromatic hydroxyl groups is 1. The minimum Gasteiger partial charge on any atom is -0.507 e. The number of hydrogen-bond acceptors (Lipinski definition) is 1. The van der Waals surface area contributed by atoms with Crippen LogP contribution >= 0.6 is 0 Å². The van der Waals surface area contributed by atoms with Gasteiger partial charge in [-0.2, -0.15) is 0 Å². The van der Waals surface area contributed by atoms with E-state index in [4.69, 9.17) is 0 Å². The van der Waals surface area contributed by atoms with Crippen molar-refractivity contribution in [1.82, 2.24) is 0 Å². The minimum atomic E-state index is -0.136. The van der Waals surface area contributed by atoms with Crippen molar-refractivity contribution in [3.05, 3.63) is 89.0 Å². The van der Waals surface area contributed by atoms with Crippen LogP contribution in [0.2, 0.25) is 0 Å². The molecule has 0 aromatic heterocycles. The molecule has 0 aliphatic heterocycles. The molecule has 126 valence electrons. The average Bonchev–Trinajstić information content (AvgIpc) is 2.51. The summed E-state index contributed by atoms with van der Waals surface area (Å²) in [5.74, 6) is 0.383. The average molecular weight is 320 g/mol. The van der Waals surface area contributed by atoms with Gasteiger partial charge in [-0.25, -0.2) is 0 Å². The fourth-order valence-corrected chi connectivity index (χ4v) is 3.06. The van der Waals surface area contributed by atoms with Crippen molar-refractivity contribution < 1.29 is 5.11 Å². The van der Waals surface area contributed by atoms with E-state index in [9.17, 15) is 5.11 Å². The van der Waals surface area contributed by atoms with Gasteiger partial charge in [0.15, 0.2) is 0 Å². The molecule has 0 saturated heterocycles. The third-order valence-corrected chi connectivity index (χ3v) is 4.47. The summed E-state index contributed by atoms with van der Waals surface area (Å²) in [7, 11) is 0. The minimum absolute atomic E-state index is 0.136. The monoisotopic (exact) mass is 320 g/mol. The molecule has 1 N–H and O–H groups in total. The van der Waals surface area contributed by atoms with Crippen LogP contribution in [-0.4, -0.2) is 5.11 Å². The third-order valence-electron chi connectivity index (χ3n) is 4.47. The van der Waals surface area contributed by atoms with E-state index in [2.05, 4.69) is 63.4 Å². The highest BCUT2D eigenvalue weighted by Crippen LogP contribution is 2.37. The summed E-state index contributed by atoms with van der Waals surface area (Å²) >= 11 is 0. The predicted octanol–water partition coefficient (Wildman–Crippen LogP) is 5.96. The topological polar surface area (TPSA) is 20.2 Å². The van der Waals surface area contributed by atoms with E-state index < -0.39 is 0 Å². The molecule has 0 aliphatic carbocycles. The van der Waals surface area contributed by atoms with Crippen LogP contribution in [0.3, 0.4) is 0 Å². The van der Waals surface area contributed by atoms with Gasteiger partial charge in [-0.3, -0.25) is 0 Å². The lowest BCUT2D eigenvalue weighted by atomic mass is 9.76. The molecule has 0 aliphatic rings. The maximum atomic E-state index is 10.7. The van der Waals surface area contributed by atoms with Gasteiger partial charge in [-0.1, -0.05) is 80.6 Å². The smallest absolute Gasteiger partial charge is 0.122 e. The number of phenolic OH excluding ortho intramolecular Hbond substituents is 1. The highest BCUT2D eigenvalue weighted by Gasteiger charge is 2.25. The van der Waals surface area contributed by atoms with E-state index in [1.54, 1.807) is 0 Å². The van der Waals surface area contributed by atoms with Crippen molar-refractivity contribution >= 4 is 0 Å². The molecular weight excluding hydrogens is 292 g/mol. The standard InChI is InChI=1S/C23H28O/c1-16(2)12-18-14-21(15-19(22(18)24)13-17(3)4)23(5,6)20-10-8-7-9-11-20/h7-11,14-15,24H,1,3,12-13H2,2,4-6H3. The van der Waals surface area contributed by atoms with Crippen LogP contribution in [-0.2, 0) is 18.3 Å². The number of hydrogen-bond donors (Lipinski definition) is 1. The van der Waals surface area contributed by atoms with Gasteiger partial charge in [-0.05, 0) is 48.9 Å². The van der Waals surface area contributed by atoms with Crippen molar-refractivity contribution in [3.8, 4) is 5.75 Å². The fourth-order valence-electron chi connectivity index (χ4n) is 3.06. The zero-order valence-corrected chi connectivity index (χ0v) is 15.3. The van der Waals surface area contributed by atoms with E-state index in [0.29, 0.717) is 18.6 Å². The van der Waals surface area contributed by atoms with Gasteiger partial charge in [0.25, 0.3) is 0 Å². The number of benzene rings is 2. The fraction of sp³-hybridized carbons (Fsp3) is 0.304. The first-order chi connectivity index (χ1) is 11.2. The predicted molar refractivity (Wildman–Crippen MR) is 104 cm³/mol. The Morgan fingerprint density at radius 2 is 1.33 bits per heavy atom. The second-order valence-corrected chi connectivity index (χ2v) is 7.40. The van der Waals surface area contributed by atoms with Crippen molar-refractivity contribution in [2.45, 2.75) is 46.0 Å². The van der Waals surface area contributed by atoms with Crippen LogP contribution in [0.1, 0.15) is 49.9 Å². The molecule has 0 unspecified atom stereocenters. The van der Waals surface area contributed by atoms with E-state index in [1.807, 2.05) is 19.9 Å². The molecule has 2 aromatic rings. The first-order valence-corrected chi connectivity index (χ1v) is 8.41. The zero-order chi connectivity index (χ0) is 17.9. The summed E-state index contributed by atoms with van der Waals surface area (Å²) in [4.78, 5) is 0. The van der Waals surface area contributed by atoms with Crippen LogP contribution < -0.4 is 0 Å². The van der Waals surface area contributed by atoms with Gasteiger partial charge in [-0.15, -0.1) is 0 Å². The van der Waals surface area contributed by atoms with E-state index in [1.165, 1.54) is 11.1 Å². The van der Waals surface area contributed by atoms with Crippen molar-refractivity contribution in [2.24, 2.45) is 0 Å². The highest BCUT2D eigenvalue weighted by atomic mass is 16.3. The molecule has 0 spiro atoms. The van der Waals surface area contributed by atoms with E-state index in [-0.39, 0.29) is 5.41 Å². The Bertz CT molecular complexity index is 714. The number of allylic oxidation sites excluding steroid dienone is 2. The van der Waals surface area contributed by atoms with E-state index >= 15 is 0 Å². The Morgan fingerprint density at radius 3 is 1.75 bits per heavy atom. The normalized spacial score (nSPS) is 11.3. The van der Waals surface area contributed by atoms with Crippen LogP contribution in [0.5, 0.6) is 5.75 Å². The van der Waals surface area contributed by atoms with Gasteiger partial charge in [0.1, 0.15) is 5.75 Å². The molecular formula is C23H28O. The lowest BCUT2D eigenvalue weighted by molar-refractivity contribution is 0.462. The molecule has 1 nitrogen and oxygen atoms in total. The lowest BCUT2D eigenvalue weighted by Gasteiger charge is -2.28. The summed E-state index contributed by atoms with van der Waals surface area (Å²) in [6.45, 7) is 16.4. The lowest BCUT2D eigenvalue weighted by Crippen LogP contribution is -2.19. The quantitative estimate of drug-likeness (QED) is 0.651. The van der Waals surface area contributed by atoms with Crippen LogP contribution in [0.25, 0.3) is 0 Å². The summed E-state index contributed by atoms with van der Waals surface area (Å²) in [6, 6.07) is 14.7. The molecule has 0 radical (unpaired) electrons. The van der Waals surface area contributed by atoms with E-state index in [0.717, 1.165) is 22.3 Å². The molecule has 2 aromatic carbocycles. The van der Waals surface area contributed by atoms with Crippen LogP contribution in [0.15, 0.2) is 66.8 Å². The first kappa shape index (κ1) is 18.1. The number of phenols is 1. The van der Waals surface area contributed by atoms with Gasteiger partial charge in [0, 0.05) is 5.41 Å². The molecule has 2 rings (SSSR count). The Balaban J connectivity index is 2.60. The van der Waals surface area contributed by atoms with Gasteiger partial charge in [0.2, 0.25) is 0 Å². The maximum absolute atomic E-state index is 10.7. The van der Waals surface area contributed by atoms with Gasteiger partial charge < -0.3 is 5.11 Å². The zero-order valence-electron chi connectivity index (χ0n) is 15.3. The molecule has 1 heteroatoms. The van der Waals surface area contributed by atoms with Crippen molar-refractivity contribution in [1.29, 1.82) is 0 Å². The van der Waals surface area contributed by atoms with Crippen LogP contribution in [0, 0.1) is 0 Å². The maximum Gasteiger partial charge on any atom is 0.122 e. The largest absolute Gasteiger partial charge is 0.507 e. The number of rotatable bonds is 6. The third kappa shape index (κ3) is 3.97. The SMILES string of the molecule is C=C(C)Cc1cc(C(C)(C)c2ccccc2)cc(CC(=C)C)c1O. The summed E-state index contributed by atoms with van der Waals surface area (Å²) in [5.41, 5.74) is 6.31. The van der Waals surface area contributed by atoms with Crippen molar-refractivity contribution in [2.75, 3.05) is 0 Å². The molecule has 0 atom stereocenters. The molecule has 0 fully saturated rings. The highest BCUT2D eigenvalue weighted by molar-refractivity contribution is 5.50. The van der Waals surface area contributed by atoms with Gasteiger partial charge >= 0.3 is 0 Å². The Hall–Kier alpha value is -2.28. The molecule has 0 saturated carbocycles. The Morgan fingerprint density at radius 1 is 0.875 bits per heavy atom. The van der Waals surface area contributed by atoms with Gasteiger partial charge in [0.05, 0.1) is 0 Å². The Kier molecular flexibility index (Phi) is 5.33. The van der Waals surface area contributed by atoms with Crippen LogP contribution in [0.4, 0.5) is 0 Å². The summed E-state index contributed by atoms with van der Waals surface area (Å²) < 4.78 is 0.